The summed E-state index contributed by atoms with van der Waals surface area (Å²) in [6.45, 7) is 0. The molecule has 1 aliphatic carbocycles. The molecular weight excluding hydrogens is 188 g/mol. The number of allylic oxidation sites excluding steroid dienone is 1. The number of benzene rings is 1. The number of carbonyl (C=O) groups is 1. The van der Waals surface area contributed by atoms with Crippen LogP contribution in [0.25, 0.3) is 12.2 Å². The Bertz CT molecular complexity index is 442. The summed E-state index contributed by atoms with van der Waals surface area (Å²) in [5, 5.41) is 8.52. The van der Waals surface area contributed by atoms with Crippen molar-refractivity contribution in [2.75, 3.05) is 0 Å². The highest BCUT2D eigenvalue weighted by Crippen LogP contribution is 2.23. The lowest BCUT2D eigenvalue weighted by atomic mass is 10.0. The summed E-state index contributed by atoms with van der Waals surface area (Å²) in [7, 11) is 0. The van der Waals surface area contributed by atoms with Crippen LogP contribution in [0, 0.1) is 0 Å². The summed E-state index contributed by atoms with van der Waals surface area (Å²) in [4.78, 5) is 10.4. The van der Waals surface area contributed by atoms with Crippen molar-refractivity contribution in [1.29, 1.82) is 0 Å². The average molecular weight is 200 g/mol. The molecule has 0 heterocycles. The molecule has 0 amide bonds. The van der Waals surface area contributed by atoms with E-state index in [4.69, 9.17) is 5.11 Å². The molecule has 2 rings (SSSR count). The SMILES string of the molecule is O=C(O)CC=Cc1cccc2c1CC=C2. The summed E-state index contributed by atoms with van der Waals surface area (Å²) in [5.74, 6) is -0.794. The first-order valence-corrected chi connectivity index (χ1v) is 4.94. The molecule has 0 radical (unpaired) electrons. The molecule has 0 unspecified atom stereocenters. The Morgan fingerprint density at radius 3 is 3.13 bits per heavy atom. The second-order valence-electron chi connectivity index (χ2n) is 3.52. The van der Waals surface area contributed by atoms with Crippen LogP contribution in [0.3, 0.4) is 0 Å². The van der Waals surface area contributed by atoms with Crippen molar-refractivity contribution < 1.29 is 9.90 Å². The third-order valence-corrected chi connectivity index (χ3v) is 2.46. The van der Waals surface area contributed by atoms with E-state index in [1.165, 1.54) is 11.1 Å². The van der Waals surface area contributed by atoms with E-state index in [1.54, 1.807) is 6.08 Å². The minimum Gasteiger partial charge on any atom is -0.481 e. The van der Waals surface area contributed by atoms with E-state index in [-0.39, 0.29) is 6.42 Å². The Kier molecular flexibility index (Phi) is 2.68. The lowest BCUT2D eigenvalue weighted by Gasteiger charge is -2.02. The van der Waals surface area contributed by atoms with Crippen LogP contribution in [-0.4, -0.2) is 11.1 Å². The third kappa shape index (κ3) is 2.15. The van der Waals surface area contributed by atoms with Crippen LogP contribution in [0.5, 0.6) is 0 Å². The third-order valence-electron chi connectivity index (χ3n) is 2.46. The van der Waals surface area contributed by atoms with Crippen molar-refractivity contribution in [3.63, 3.8) is 0 Å². The van der Waals surface area contributed by atoms with Gasteiger partial charge in [-0.05, 0) is 23.1 Å². The van der Waals surface area contributed by atoms with Crippen LogP contribution >= 0.6 is 0 Å². The molecule has 2 heteroatoms. The van der Waals surface area contributed by atoms with Gasteiger partial charge in [-0.2, -0.15) is 0 Å². The van der Waals surface area contributed by atoms with Gasteiger partial charge >= 0.3 is 5.97 Å². The summed E-state index contributed by atoms with van der Waals surface area (Å²) in [6.07, 6.45) is 8.83. The highest BCUT2D eigenvalue weighted by Gasteiger charge is 2.07. The van der Waals surface area contributed by atoms with Crippen LogP contribution < -0.4 is 0 Å². The molecule has 0 aliphatic heterocycles. The Hall–Kier alpha value is -1.83. The van der Waals surface area contributed by atoms with Crippen LogP contribution in [0.4, 0.5) is 0 Å². The number of hydrogen-bond acceptors (Lipinski definition) is 1. The number of aliphatic carboxylic acids is 1. The highest BCUT2D eigenvalue weighted by atomic mass is 16.4. The van der Waals surface area contributed by atoms with E-state index in [0.717, 1.165) is 12.0 Å². The molecule has 1 aromatic carbocycles. The van der Waals surface area contributed by atoms with Gasteiger partial charge in [-0.15, -0.1) is 0 Å². The molecule has 1 N–H and O–H groups in total. The predicted octanol–water partition coefficient (Wildman–Crippen LogP) is 2.74. The molecule has 1 aliphatic rings. The summed E-state index contributed by atoms with van der Waals surface area (Å²) >= 11 is 0. The fourth-order valence-electron chi connectivity index (χ4n) is 1.76. The lowest BCUT2D eigenvalue weighted by Crippen LogP contribution is -1.91. The molecule has 0 saturated heterocycles. The molecule has 0 bridgehead atoms. The second-order valence-corrected chi connectivity index (χ2v) is 3.52. The normalized spacial score (nSPS) is 13.3. The average Bonchev–Trinajstić information content (AvgIpc) is 2.65. The highest BCUT2D eigenvalue weighted by molar-refractivity contribution is 5.72. The smallest absolute Gasteiger partial charge is 0.307 e. The van der Waals surface area contributed by atoms with Crippen molar-refractivity contribution in [3.05, 3.63) is 47.0 Å². The molecule has 0 saturated carbocycles. The Morgan fingerprint density at radius 2 is 2.33 bits per heavy atom. The molecule has 76 valence electrons. The van der Waals surface area contributed by atoms with E-state index in [9.17, 15) is 4.79 Å². The molecular formula is C13H12O2. The van der Waals surface area contributed by atoms with Gasteiger partial charge < -0.3 is 5.11 Å². The number of fused-ring (bicyclic) bond motifs is 1. The van der Waals surface area contributed by atoms with E-state index in [2.05, 4.69) is 18.2 Å². The zero-order valence-electron chi connectivity index (χ0n) is 8.31. The van der Waals surface area contributed by atoms with Crippen molar-refractivity contribution in [2.24, 2.45) is 0 Å². The van der Waals surface area contributed by atoms with Crippen molar-refractivity contribution >= 4 is 18.1 Å². The first kappa shape index (κ1) is 9.71. The van der Waals surface area contributed by atoms with Gasteiger partial charge in [0.2, 0.25) is 0 Å². The maximum Gasteiger partial charge on any atom is 0.307 e. The molecule has 1 aromatic rings. The van der Waals surface area contributed by atoms with Gasteiger partial charge in [-0.1, -0.05) is 42.5 Å². The van der Waals surface area contributed by atoms with Gasteiger partial charge in [-0.3, -0.25) is 4.79 Å². The van der Waals surface area contributed by atoms with Gasteiger partial charge in [0, 0.05) is 0 Å². The van der Waals surface area contributed by atoms with Crippen molar-refractivity contribution in [3.8, 4) is 0 Å². The van der Waals surface area contributed by atoms with Gasteiger partial charge in [0.05, 0.1) is 6.42 Å². The predicted molar refractivity (Wildman–Crippen MR) is 60.5 cm³/mol. The van der Waals surface area contributed by atoms with E-state index in [1.807, 2.05) is 18.2 Å². The summed E-state index contributed by atoms with van der Waals surface area (Å²) in [5.41, 5.74) is 3.66. The molecule has 0 fully saturated rings. The molecule has 0 atom stereocenters. The largest absolute Gasteiger partial charge is 0.481 e. The first-order valence-electron chi connectivity index (χ1n) is 4.94. The Labute approximate surface area is 88.6 Å². The molecule has 0 spiro atoms. The van der Waals surface area contributed by atoms with Crippen molar-refractivity contribution in [1.82, 2.24) is 0 Å². The van der Waals surface area contributed by atoms with Crippen LogP contribution in [0.15, 0.2) is 30.4 Å². The molecule has 0 aromatic heterocycles. The maximum atomic E-state index is 10.4. The number of rotatable bonds is 3. The first-order chi connectivity index (χ1) is 7.27. The van der Waals surface area contributed by atoms with E-state index in [0.29, 0.717) is 0 Å². The summed E-state index contributed by atoms with van der Waals surface area (Å²) < 4.78 is 0. The van der Waals surface area contributed by atoms with Crippen LogP contribution in [-0.2, 0) is 11.2 Å². The van der Waals surface area contributed by atoms with Gasteiger partial charge in [0.1, 0.15) is 0 Å². The Balaban J connectivity index is 2.20. The van der Waals surface area contributed by atoms with Gasteiger partial charge in [-0.25, -0.2) is 0 Å². The molecule has 15 heavy (non-hydrogen) atoms. The molecule has 2 nitrogen and oxygen atoms in total. The van der Waals surface area contributed by atoms with E-state index >= 15 is 0 Å². The van der Waals surface area contributed by atoms with Crippen LogP contribution in [0.2, 0.25) is 0 Å². The zero-order chi connectivity index (χ0) is 10.7. The number of hydrogen-bond donors (Lipinski definition) is 1. The Morgan fingerprint density at radius 1 is 1.47 bits per heavy atom. The summed E-state index contributed by atoms with van der Waals surface area (Å²) in [6, 6.07) is 6.09. The topological polar surface area (TPSA) is 37.3 Å². The number of carboxylic acid groups (broad SMARTS) is 1. The van der Waals surface area contributed by atoms with Gasteiger partial charge in [0.15, 0.2) is 0 Å². The minimum atomic E-state index is -0.794. The quantitative estimate of drug-likeness (QED) is 0.814. The lowest BCUT2D eigenvalue weighted by molar-refractivity contribution is -0.135. The zero-order valence-corrected chi connectivity index (χ0v) is 8.31. The monoisotopic (exact) mass is 200 g/mol. The van der Waals surface area contributed by atoms with Gasteiger partial charge in [0.25, 0.3) is 0 Å². The minimum absolute atomic E-state index is 0.0805. The second kappa shape index (κ2) is 4.13. The fraction of sp³-hybridized carbons (Fsp3) is 0.154. The standard InChI is InChI=1S/C13H12O2/c14-13(15)9-3-7-11-5-1-4-10-6-2-8-12(10)11/h1-7H,8-9H2,(H,14,15). The van der Waals surface area contributed by atoms with E-state index < -0.39 is 5.97 Å². The van der Waals surface area contributed by atoms with Crippen molar-refractivity contribution in [2.45, 2.75) is 12.8 Å². The van der Waals surface area contributed by atoms with Crippen LogP contribution in [0.1, 0.15) is 23.1 Å². The fourth-order valence-corrected chi connectivity index (χ4v) is 1.76. The number of carboxylic acids is 1. The maximum absolute atomic E-state index is 10.4.